The molecule has 0 radical (unpaired) electrons. The van der Waals surface area contributed by atoms with Crippen LogP contribution in [0.5, 0.6) is 11.5 Å². The van der Waals surface area contributed by atoms with E-state index < -0.39 is 0 Å². The number of likely N-dealkylation sites (tertiary alicyclic amines) is 1. The van der Waals surface area contributed by atoms with Crippen molar-refractivity contribution in [2.75, 3.05) is 37.7 Å². The van der Waals surface area contributed by atoms with E-state index in [2.05, 4.69) is 29.2 Å². The molecule has 5 nitrogen and oxygen atoms in total. The van der Waals surface area contributed by atoms with Crippen LogP contribution in [0.1, 0.15) is 30.0 Å². The van der Waals surface area contributed by atoms with Crippen LogP contribution < -0.4 is 14.4 Å². The minimum atomic E-state index is 0.199. The third kappa shape index (κ3) is 3.06. The van der Waals surface area contributed by atoms with Gasteiger partial charge in [0.1, 0.15) is 13.2 Å². The third-order valence-electron chi connectivity index (χ3n) is 5.84. The van der Waals surface area contributed by atoms with E-state index in [4.69, 9.17) is 9.47 Å². The van der Waals surface area contributed by atoms with Gasteiger partial charge in [-0.2, -0.15) is 0 Å². The molecule has 0 unspecified atom stereocenters. The van der Waals surface area contributed by atoms with Crippen molar-refractivity contribution in [1.29, 1.82) is 0 Å². The molecule has 0 aromatic heterocycles. The molecule has 3 heterocycles. The molecule has 1 fully saturated rings. The molecule has 1 amide bonds. The van der Waals surface area contributed by atoms with Crippen molar-refractivity contribution in [1.82, 2.24) is 4.90 Å². The maximum Gasteiger partial charge on any atom is 0.241 e. The van der Waals surface area contributed by atoms with Crippen molar-refractivity contribution in [2.45, 2.75) is 25.3 Å². The minimum absolute atomic E-state index is 0.199. The molecule has 5 rings (SSSR count). The van der Waals surface area contributed by atoms with Gasteiger partial charge in [-0.25, -0.2) is 0 Å². The molecular formula is C22H24N2O3. The van der Waals surface area contributed by atoms with E-state index in [9.17, 15) is 4.79 Å². The fourth-order valence-electron chi connectivity index (χ4n) is 4.52. The van der Waals surface area contributed by atoms with E-state index in [1.807, 2.05) is 23.1 Å². The summed E-state index contributed by atoms with van der Waals surface area (Å²) in [7, 11) is 0. The van der Waals surface area contributed by atoms with Crippen LogP contribution in [0.4, 0.5) is 5.69 Å². The number of anilines is 1. The highest BCUT2D eigenvalue weighted by Crippen LogP contribution is 2.38. The molecule has 3 aliphatic heterocycles. The van der Waals surface area contributed by atoms with E-state index in [-0.39, 0.29) is 11.9 Å². The zero-order chi connectivity index (χ0) is 18.2. The molecule has 0 saturated carbocycles. The highest BCUT2D eigenvalue weighted by atomic mass is 16.6. The second-order valence-corrected chi connectivity index (χ2v) is 7.46. The monoisotopic (exact) mass is 364 g/mol. The molecule has 3 aliphatic rings. The summed E-state index contributed by atoms with van der Waals surface area (Å²) in [6.07, 6.45) is 3.14. The first-order chi connectivity index (χ1) is 13.3. The van der Waals surface area contributed by atoms with Gasteiger partial charge in [0.25, 0.3) is 0 Å². The molecule has 0 spiro atoms. The Bertz CT molecular complexity index is 866. The predicted molar refractivity (Wildman–Crippen MR) is 103 cm³/mol. The van der Waals surface area contributed by atoms with Gasteiger partial charge in [0.05, 0.1) is 6.54 Å². The molecule has 1 atom stereocenters. The van der Waals surface area contributed by atoms with Crippen LogP contribution in [-0.2, 0) is 11.2 Å². The summed E-state index contributed by atoms with van der Waals surface area (Å²) in [5.74, 6) is 1.84. The molecule has 0 bridgehead atoms. The number of carbonyl (C=O) groups is 1. The Balaban J connectivity index is 1.33. The van der Waals surface area contributed by atoms with Crippen LogP contribution in [0.2, 0.25) is 0 Å². The number of nitrogens with zero attached hydrogens (tertiary/aromatic N) is 2. The Labute approximate surface area is 159 Å². The minimum Gasteiger partial charge on any atom is -0.486 e. The number of hydrogen-bond donors (Lipinski definition) is 0. The lowest BCUT2D eigenvalue weighted by molar-refractivity contribution is -0.119. The Kier molecular flexibility index (Phi) is 4.24. The fourth-order valence-corrected chi connectivity index (χ4v) is 4.52. The summed E-state index contributed by atoms with van der Waals surface area (Å²) in [5, 5.41) is 0. The molecule has 0 aliphatic carbocycles. The summed E-state index contributed by atoms with van der Waals surface area (Å²) >= 11 is 0. The summed E-state index contributed by atoms with van der Waals surface area (Å²) in [5.41, 5.74) is 3.57. The molecule has 140 valence electrons. The van der Waals surface area contributed by atoms with Crippen LogP contribution in [0.15, 0.2) is 42.5 Å². The lowest BCUT2D eigenvalue weighted by atomic mass is 10.0. The number of carbonyl (C=O) groups excluding carboxylic acids is 1. The quantitative estimate of drug-likeness (QED) is 0.839. The number of benzene rings is 2. The van der Waals surface area contributed by atoms with Crippen LogP contribution in [0.3, 0.4) is 0 Å². The maximum absolute atomic E-state index is 13.0. The van der Waals surface area contributed by atoms with Crippen LogP contribution in [-0.4, -0.2) is 43.7 Å². The largest absolute Gasteiger partial charge is 0.486 e. The van der Waals surface area contributed by atoms with Crippen LogP contribution in [0.25, 0.3) is 0 Å². The van der Waals surface area contributed by atoms with Crippen molar-refractivity contribution in [3.05, 3.63) is 53.6 Å². The van der Waals surface area contributed by atoms with E-state index in [1.165, 1.54) is 11.1 Å². The summed E-state index contributed by atoms with van der Waals surface area (Å²) in [6, 6.07) is 14.7. The smallest absolute Gasteiger partial charge is 0.241 e. The van der Waals surface area contributed by atoms with Gasteiger partial charge in [-0.15, -0.1) is 0 Å². The highest BCUT2D eigenvalue weighted by Gasteiger charge is 2.32. The van der Waals surface area contributed by atoms with Gasteiger partial charge >= 0.3 is 0 Å². The van der Waals surface area contributed by atoms with Gasteiger partial charge < -0.3 is 14.4 Å². The van der Waals surface area contributed by atoms with Crippen molar-refractivity contribution < 1.29 is 14.3 Å². The van der Waals surface area contributed by atoms with E-state index in [0.717, 1.165) is 49.5 Å². The van der Waals surface area contributed by atoms with Gasteiger partial charge in [-0.1, -0.05) is 24.3 Å². The van der Waals surface area contributed by atoms with Crippen molar-refractivity contribution in [3.63, 3.8) is 0 Å². The Morgan fingerprint density at radius 2 is 1.89 bits per heavy atom. The Morgan fingerprint density at radius 3 is 2.81 bits per heavy atom. The molecule has 1 saturated heterocycles. The summed E-state index contributed by atoms with van der Waals surface area (Å²) < 4.78 is 11.4. The van der Waals surface area contributed by atoms with Gasteiger partial charge in [0.2, 0.25) is 5.91 Å². The second kappa shape index (κ2) is 6.89. The fraction of sp³-hybridized carbons (Fsp3) is 0.409. The van der Waals surface area contributed by atoms with Gasteiger partial charge in [-0.3, -0.25) is 9.69 Å². The summed E-state index contributed by atoms with van der Waals surface area (Å²) in [6.45, 7) is 3.42. The van der Waals surface area contributed by atoms with E-state index in [1.54, 1.807) is 0 Å². The third-order valence-corrected chi connectivity index (χ3v) is 5.84. The summed E-state index contributed by atoms with van der Waals surface area (Å²) in [4.78, 5) is 17.3. The van der Waals surface area contributed by atoms with Crippen molar-refractivity contribution >= 4 is 11.6 Å². The van der Waals surface area contributed by atoms with Crippen molar-refractivity contribution in [2.24, 2.45) is 0 Å². The molecule has 0 N–H and O–H groups in total. The predicted octanol–water partition coefficient (Wildman–Crippen LogP) is 3.18. The van der Waals surface area contributed by atoms with Gasteiger partial charge in [0.15, 0.2) is 11.5 Å². The molecule has 5 heteroatoms. The normalized spacial score (nSPS) is 21.3. The first kappa shape index (κ1) is 16.6. The van der Waals surface area contributed by atoms with E-state index >= 15 is 0 Å². The van der Waals surface area contributed by atoms with Crippen LogP contribution >= 0.6 is 0 Å². The number of fused-ring (bicyclic) bond motifs is 2. The zero-order valence-electron chi connectivity index (χ0n) is 15.4. The van der Waals surface area contributed by atoms with E-state index in [0.29, 0.717) is 19.8 Å². The van der Waals surface area contributed by atoms with Gasteiger partial charge in [-0.05, 0) is 55.1 Å². The number of hydrogen-bond acceptors (Lipinski definition) is 4. The topological polar surface area (TPSA) is 42.0 Å². The number of para-hydroxylation sites is 1. The highest BCUT2D eigenvalue weighted by molar-refractivity contribution is 5.96. The maximum atomic E-state index is 13.0. The zero-order valence-corrected chi connectivity index (χ0v) is 15.4. The van der Waals surface area contributed by atoms with Gasteiger partial charge in [0, 0.05) is 18.3 Å². The number of amides is 1. The second-order valence-electron chi connectivity index (χ2n) is 7.46. The first-order valence-electron chi connectivity index (χ1n) is 9.81. The van der Waals surface area contributed by atoms with Crippen molar-refractivity contribution in [3.8, 4) is 11.5 Å². The standard InChI is InChI=1S/C22H24N2O3/c25-22(24-11-9-16-4-1-2-5-19(16)24)15-23-10-3-6-18(23)17-7-8-20-21(14-17)27-13-12-26-20/h1-2,4-5,7-8,14,18H,3,6,9-13,15H2/t18-/m0/s1. The number of ether oxygens (including phenoxy) is 2. The lowest BCUT2D eigenvalue weighted by Gasteiger charge is -2.28. The Hall–Kier alpha value is -2.53. The molecule has 27 heavy (non-hydrogen) atoms. The lowest BCUT2D eigenvalue weighted by Crippen LogP contribution is -2.39. The van der Waals surface area contributed by atoms with Crippen LogP contribution in [0, 0.1) is 0 Å². The molecular weight excluding hydrogens is 340 g/mol. The number of rotatable bonds is 3. The average Bonchev–Trinajstić information content (AvgIpc) is 3.34. The SMILES string of the molecule is O=C(CN1CCC[C@H]1c1ccc2c(c1)OCCO2)N1CCc2ccccc21. The Morgan fingerprint density at radius 1 is 1.04 bits per heavy atom. The molecule has 2 aromatic rings. The average molecular weight is 364 g/mol. The molecule has 2 aromatic carbocycles. The first-order valence-corrected chi connectivity index (χ1v) is 9.81.